The van der Waals surface area contributed by atoms with Gasteiger partial charge in [-0.3, -0.25) is 0 Å². The number of nitrogens with one attached hydrogen (secondary N) is 1. The van der Waals surface area contributed by atoms with Crippen molar-refractivity contribution in [3.05, 3.63) is 60.2 Å². The van der Waals surface area contributed by atoms with Gasteiger partial charge in [-0.2, -0.15) is 0 Å². The standard InChI is InChI=1S/C22H19N3O2S/c26-12-11-23-22-16-10-13-27-19-15-8-4-5-9-17(15)28-20(19)18(16)24-21(25-22)14-6-2-1-3-7-14/h1-9,26H,10-13H2,(H,23,24,25). The molecule has 1 aliphatic rings. The van der Waals surface area contributed by atoms with Gasteiger partial charge in [-0.15, -0.1) is 11.3 Å². The van der Waals surface area contributed by atoms with Gasteiger partial charge in [-0.25, -0.2) is 9.97 Å². The second kappa shape index (κ2) is 7.22. The Morgan fingerprint density at radius 2 is 1.86 bits per heavy atom. The summed E-state index contributed by atoms with van der Waals surface area (Å²) in [5.74, 6) is 2.35. The van der Waals surface area contributed by atoms with Crippen molar-refractivity contribution in [2.75, 3.05) is 25.1 Å². The van der Waals surface area contributed by atoms with E-state index in [1.54, 1.807) is 11.3 Å². The van der Waals surface area contributed by atoms with E-state index in [0.29, 0.717) is 25.4 Å². The topological polar surface area (TPSA) is 67.3 Å². The summed E-state index contributed by atoms with van der Waals surface area (Å²) >= 11 is 1.70. The Morgan fingerprint density at radius 3 is 2.71 bits per heavy atom. The molecule has 5 nitrogen and oxygen atoms in total. The van der Waals surface area contributed by atoms with E-state index >= 15 is 0 Å². The van der Waals surface area contributed by atoms with E-state index in [-0.39, 0.29) is 6.61 Å². The molecule has 0 saturated heterocycles. The highest BCUT2D eigenvalue weighted by molar-refractivity contribution is 7.22. The fourth-order valence-corrected chi connectivity index (χ4v) is 4.69. The molecule has 1 aliphatic heterocycles. The summed E-state index contributed by atoms with van der Waals surface area (Å²) in [7, 11) is 0. The molecule has 0 saturated carbocycles. The lowest BCUT2D eigenvalue weighted by molar-refractivity contribution is 0.311. The number of fused-ring (bicyclic) bond motifs is 5. The molecule has 5 rings (SSSR count). The Labute approximate surface area is 166 Å². The van der Waals surface area contributed by atoms with Gasteiger partial charge in [0, 0.05) is 34.2 Å². The molecular formula is C22H19N3O2S. The second-order valence-electron chi connectivity index (χ2n) is 6.59. The fourth-order valence-electron chi connectivity index (χ4n) is 3.52. The molecule has 0 radical (unpaired) electrons. The van der Waals surface area contributed by atoms with Gasteiger partial charge in [-0.05, 0) is 12.1 Å². The van der Waals surface area contributed by atoms with E-state index in [4.69, 9.17) is 14.7 Å². The number of rotatable bonds is 4. The minimum Gasteiger partial charge on any atom is -0.491 e. The maximum atomic E-state index is 9.30. The summed E-state index contributed by atoms with van der Waals surface area (Å²) in [4.78, 5) is 10.8. The van der Waals surface area contributed by atoms with Gasteiger partial charge in [0.05, 0.1) is 23.8 Å². The zero-order valence-electron chi connectivity index (χ0n) is 15.2. The van der Waals surface area contributed by atoms with Crippen molar-refractivity contribution in [3.63, 3.8) is 0 Å². The number of aromatic nitrogens is 2. The molecule has 0 bridgehead atoms. The largest absolute Gasteiger partial charge is 0.491 e. The average molecular weight is 389 g/mol. The van der Waals surface area contributed by atoms with Crippen molar-refractivity contribution in [2.24, 2.45) is 0 Å². The number of nitrogens with zero attached hydrogens (tertiary/aromatic N) is 2. The Balaban J connectivity index is 1.76. The molecule has 0 spiro atoms. The fraction of sp³-hybridized carbons (Fsp3) is 0.182. The molecule has 28 heavy (non-hydrogen) atoms. The van der Waals surface area contributed by atoms with Gasteiger partial charge < -0.3 is 15.2 Å². The van der Waals surface area contributed by atoms with Crippen LogP contribution in [-0.2, 0) is 6.42 Å². The number of benzene rings is 2. The average Bonchev–Trinajstić information content (AvgIpc) is 3.01. The van der Waals surface area contributed by atoms with Crippen LogP contribution in [0, 0.1) is 0 Å². The molecule has 2 aromatic carbocycles. The van der Waals surface area contributed by atoms with E-state index in [1.165, 1.54) is 4.70 Å². The summed E-state index contributed by atoms with van der Waals surface area (Å²) in [6, 6.07) is 18.3. The molecule has 0 aliphatic carbocycles. The molecule has 6 heteroatoms. The van der Waals surface area contributed by atoms with Gasteiger partial charge in [-0.1, -0.05) is 42.5 Å². The molecule has 0 atom stereocenters. The lowest BCUT2D eigenvalue weighted by atomic mass is 10.1. The van der Waals surface area contributed by atoms with Crippen LogP contribution in [0.4, 0.5) is 5.82 Å². The van der Waals surface area contributed by atoms with Crippen LogP contribution in [0.2, 0.25) is 0 Å². The summed E-state index contributed by atoms with van der Waals surface area (Å²) in [6.45, 7) is 1.06. The van der Waals surface area contributed by atoms with E-state index in [0.717, 1.165) is 38.7 Å². The Kier molecular flexibility index (Phi) is 4.43. The summed E-state index contributed by atoms with van der Waals surface area (Å²) in [5, 5.41) is 13.7. The van der Waals surface area contributed by atoms with Crippen molar-refractivity contribution >= 4 is 27.2 Å². The highest BCUT2D eigenvalue weighted by Gasteiger charge is 2.25. The maximum absolute atomic E-state index is 9.30. The minimum atomic E-state index is 0.0457. The smallest absolute Gasteiger partial charge is 0.162 e. The summed E-state index contributed by atoms with van der Waals surface area (Å²) in [6.07, 6.45) is 0.716. The third kappa shape index (κ3) is 2.91. The third-order valence-electron chi connectivity index (χ3n) is 4.81. The summed E-state index contributed by atoms with van der Waals surface area (Å²) < 4.78 is 7.34. The first kappa shape index (κ1) is 17.2. The zero-order chi connectivity index (χ0) is 18.9. The maximum Gasteiger partial charge on any atom is 0.162 e. The zero-order valence-corrected chi connectivity index (χ0v) is 16.0. The molecule has 0 amide bonds. The monoisotopic (exact) mass is 389 g/mol. The first-order valence-corrected chi connectivity index (χ1v) is 10.1. The van der Waals surface area contributed by atoms with Crippen molar-refractivity contribution in [1.82, 2.24) is 9.97 Å². The van der Waals surface area contributed by atoms with Crippen LogP contribution in [0.25, 0.3) is 32.0 Å². The second-order valence-corrected chi connectivity index (χ2v) is 7.65. The van der Waals surface area contributed by atoms with E-state index in [9.17, 15) is 5.11 Å². The van der Waals surface area contributed by atoms with Crippen LogP contribution in [-0.4, -0.2) is 34.8 Å². The Morgan fingerprint density at radius 1 is 1.04 bits per heavy atom. The molecule has 3 heterocycles. The van der Waals surface area contributed by atoms with Crippen LogP contribution >= 0.6 is 11.3 Å². The van der Waals surface area contributed by atoms with E-state index in [2.05, 4.69) is 17.4 Å². The predicted octanol–water partition coefficient (Wildman–Crippen LogP) is 4.36. The third-order valence-corrected chi connectivity index (χ3v) is 5.97. The SMILES string of the molecule is OCCNc1nc(-c2ccccc2)nc2c1CCOc1c-2sc2ccccc12. The number of ether oxygens (including phenoxy) is 1. The highest BCUT2D eigenvalue weighted by Crippen LogP contribution is 2.47. The van der Waals surface area contributed by atoms with Crippen LogP contribution < -0.4 is 10.1 Å². The first-order chi connectivity index (χ1) is 13.8. The van der Waals surface area contributed by atoms with Gasteiger partial charge in [0.1, 0.15) is 11.6 Å². The van der Waals surface area contributed by atoms with Gasteiger partial charge in [0.15, 0.2) is 5.82 Å². The van der Waals surface area contributed by atoms with E-state index in [1.807, 2.05) is 42.5 Å². The minimum absolute atomic E-state index is 0.0457. The van der Waals surface area contributed by atoms with Crippen LogP contribution in [0.1, 0.15) is 5.56 Å². The number of thiophene rings is 1. The number of aliphatic hydroxyl groups excluding tert-OH is 1. The molecule has 140 valence electrons. The van der Waals surface area contributed by atoms with Gasteiger partial charge in [0.25, 0.3) is 0 Å². The van der Waals surface area contributed by atoms with Crippen molar-refractivity contribution in [2.45, 2.75) is 6.42 Å². The Bertz CT molecular complexity index is 1140. The molecule has 0 unspecified atom stereocenters. The molecule has 2 N–H and O–H groups in total. The molecule has 2 aromatic heterocycles. The lowest BCUT2D eigenvalue weighted by Crippen LogP contribution is -2.12. The first-order valence-electron chi connectivity index (χ1n) is 9.31. The normalized spacial score (nSPS) is 12.8. The number of hydrogen-bond donors (Lipinski definition) is 2. The van der Waals surface area contributed by atoms with Crippen molar-refractivity contribution in [1.29, 1.82) is 0 Å². The van der Waals surface area contributed by atoms with Crippen molar-refractivity contribution in [3.8, 4) is 27.7 Å². The Hall–Kier alpha value is -2.96. The molecule has 4 aromatic rings. The predicted molar refractivity (Wildman–Crippen MR) is 113 cm³/mol. The van der Waals surface area contributed by atoms with Gasteiger partial charge >= 0.3 is 0 Å². The van der Waals surface area contributed by atoms with E-state index < -0.39 is 0 Å². The lowest BCUT2D eigenvalue weighted by Gasteiger charge is -2.14. The number of aliphatic hydroxyl groups is 1. The van der Waals surface area contributed by atoms with Gasteiger partial charge in [0.2, 0.25) is 0 Å². The van der Waals surface area contributed by atoms with Crippen LogP contribution in [0.3, 0.4) is 0 Å². The molecule has 0 fully saturated rings. The summed E-state index contributed by atoms with van der Waals surface area (Å²) in [5.41, 5.74) is 2.92. The number of hydrogen-bond acceptors (Lipinski definition) is 6. The number of anilines is 1. The highest BCUT2D eigenvalue weighted by atomic mass is 32.1. The van der Waals surface area contributed by atoms with Crippen LogP contribution in [0.5, 0.6) is 5.75 Å². The quantitative estimate of drug-likeness (QED) is 0.543. The van der Waals surface area contributed by atoms with Crippen molar-refractivity contribution < 1.29 is 9.84 Å². The molecular weight excluding hydrogens is 370 g/mol. The van der Waals surface area contributed by atoms with Crippen LogP contribution in [0.15, 0.2) is 54.6 Å².